The van der Waals surface area contributed by atoms with Gasteiger partial charge in [0.05, 0.1) is 5.92 Å². The standard InChI is InChI=1S/C22H28BrN5OS/c23-18-5-7-19(8-6-18)30-21-10-9-20(25-26-21)28-14-3-4-17(16-28)22(29)24-11-15-27-12-1-2-13-27/h5-10,17H,1-4,11-16H2,(H,24,29)/t17-/m1/s1. The van der Waals surface area contributed by atoms with E-state index in [2.05, 4.69) is 53.4 Å². The average Bonchev–Trinajstić information content (AvgIpc) is 3.29. The van der Waals surface area contributed by atoms with Crippen molar-refractivity contribution >= 4 is 39.4 Å². The summed E-state index contributed by atoms with van der Waals surface area (Å²) in [6.45, 7) is 5.68. The van der Waals surface area contributed by atoms with E-state index in [0.29, 0.717) is 6.54 Å². The van der Waals surface area contributed by atoms with E-state index in [0.717, 1.165) is 52.7 Å². The molecule has 2 aliphatic heterocycles. The van der Waals surface area contributed by atoms with Gasteiger partial charge in [0.25, 0.3) is 0 Å². The Morgan fingerprint density at radius 2 is 1.87 bits per heavy atom. The van der Waals surface area contributed by atoms with Gasteiger partial charge in [-0.1, -0.05) is 27.7 Å². The number of nitrogens with one attached hydrogen (secondary N) is 1. The van der Waals surface area contributed by atoms with Gasteiger partial charge in [-0.2, -0.15) is 0 Å². The Labute approximate surface area is 190 Å². The lowest BCUT2D eigenvalue weighted by atomic mass is 9.97. The van der Waals surface area contributed by atoms with Gasteiger partial charge >= 0.3 is 0 Å². The van der Waals surface area contributed by atoms with E-state index in [9.17, 15) is 4.79 Å². The molecule has 0 radical (unpaired) electrons. The number of anilines is 1. The predicted molar refractivity (Wildman–Crippen MR) is 124 cm³/mol. The first kappa shape index (κ1) is 21.6. The zero-order chi connectivity index (χ0) is 20.8. The molecular formula is C22H28BrN5OS. The summed E-state index contributed by atoms with van der Waals surface area (Å²) in [4.78, 5) is 18.4. The lowest BCUT2D eigenvalue weighted by Crippen LogP contribution is -2.44. The van der Waals surface area contributed by atoms with Gasteiger partial charge in [0.1, 0.15) is 5.03 Å². The van der Waals surface area contributed by atoms with Crippen molar-refractivity contribution < 1.29 is 4.79 Å². The Morgan fingerprint density at radius 3 is 2.60 bits per heavy atom. The van der Waals surface area contributed by atoms with Gasteiger partial charge in [0.15, 0.2) is 5.82 Å². The summed E-state index contributed by atoms with van der Waals surface area (Å²) in [6, 6.07) is 12.2. The summed E-state index contributed by atoms with van der Waals surface area (Å²) in [7, 11) is 0. The van der Waals surface area contributed by atoms with Crippen LogP contribution in [0.3, 0.4) is 0 Å². The number of nitrogens with zero attached hydrogens (tertiary/aromatic N) is 4. The molecule has 1 N–H and O–H groups in total. The molecule has 3 heterocycles. The van der Waals surface area contributed by atoms with Crippen molar-refractivity contribution in [2.45, 2.75) is 35.6 Å². The number of aromatic nitrogens is 2. The fourth-order valence-corrected chi connectivity index (χ4v) is 5.04. The molecule has 1 amide bonds. The molecule has 2 saturated heterocycles. The number of carbonyl (C=O) groups excluding carboxylic acids is 1. The zero-order valence-corrected chi connectivity index (χ0v) is 19.5. The van der Waals surface area contributed by atoms with Gasteiger partial charge in [0.2, 0.25) is 5.91 Å². The van der Waals surface area contributed by atoms with E-state index in [-0.39, 0.29) is 11.8 Å². The Kier molecular flexibility index (Phi) is 7.62. The maximum Gasteiger partial charge on any atom is 0.224 e. The van der Waals surface area contributed by atoms with E-state index < -0.39 is 0 Å². The van der Waals surface area contributed by atoms with Crippen LogP contribution in [0.1, 0.15) is 25.7 Å². The van der Waals surface area contributed by atoms with Crippen LogP contribution in [0, 0.1) is 5.92 Å². The second kappa shape index (κ2) is 10.6. The molecule has 1 aromatic heterocycles. The van der Waals surface area contributed by atoms with E-state index in [1.54, 1.807) is 11.8 Å². The molecule has 0 unspecified atom stereocenters. The summed E-state index contributed by atoms with van der Waals surface area (Å²) in [6.07, 6.45) is 4.51. The van der Waals surface area contributed by atoms with Crippen molar-refractivity contribution in [3.63, 3.8) is 0 Å². The molecule has 0 spiro atoms. The topological polar surface area (TPSA) is 61.4 Å². The number of likely N-dealkylation sites (tertiary alicyclic amines) is 1. The molecular weight excluding hydrogens is 462 g/mol. The van der Waals surface area contributed by atoms with E-state index in [4.69, 9.17) is 0 Å². The Hall–Kier alpha value is -1.64. The monoisotopic (exact) mass is 489 g/mol. The van der Waals surface area contributed by atoms with Crippen LogP contribution in [-0.2, 0) is 4.79 Å². The van der Waals surface area contributed by atoms with Gasteiger partial charge in [-0.3, -0.25) is 4.79 Å². The minimum absolute atomic E-state index is 0.0240. The fourth-order valence-electron chi connectivity index (χ4n) is 4.05. The van der Waals surface area contributed by atoms with Crippen LogP contribution >= 0.6 is 27.7 Å². The molecule has 2 aliphatic rings. The first-order valence-electron chi connectivity index (χ1n) is 10.7. The van der Waals surface area contributed by atoms with Gasteiger partial charge in [0, 0.05) is 35.5 Å². The van der Waals surface area contributed by atoms with Crippen LogP contribution < -0.4 is 10.2 Å². The van der Waals surface area contributed by atoms with Crippen molar-refractivity contribution in [2.24, 2.45) is 5.92 Å². The van der Waals surface area contributed by atoms with Crippen molar-refractivity contribution in [1.82, 2.24) is 20.4 Å². The van der Waals surface area contributed by atoms with Crippen LogP contribution in [-0.4, -0.2) is 60.3 Å². The highest BCUT2D eigenvalue weighted by Crippen LogP contribution is 2.28. The fraction of sp³-hybridized carbons (Fsp3) is 0.500. The summed E-state index contributed by atoms with van der Waals surface area (Å²) >= 11 is 5.05. The maximum absolute atomic E-state index is 12.6. The number of benzene rings is 1. The molecule has 2 aromatic rings. The van der Waals surface area contributed by atoms with Crippen molar-refractivity contribution in [3.05, 3.63) is 40.9 Å². The number of rotatable bonds is 7. The minimum atomic E-state index is 0.0240. The lowest BCUT2D eigenvalue weighted by molar-refractivity contribution is -0.125. The Balaban J connectivity index is 1.28. The highest BCUT2D eigenvalue weighted by Gasteiger charge is 2.26. The lowest BCUT2D eigenvalue weighted by Gasteiger charge is -2.32. The molecule has 30 heavy (non-hydrogen) atoms. The number of amides is 1. The number of halogens is 1. The van der Waals surface area contributed by atoms with Crippen LogP contribution in [0.5, 0.6) is 0 Å². The number of piperidine rings is 1. The molecule has 8 heteroatoms. The summed E-state index contributed by atoms with van der Waals surface area (Å²) in [5.74, 6) is 1.05. The van der Waals surface area contributed by atoms with Crippen LogP contribution in [0.4, 0.5) is 5.82 Å². The summed E-state index contributed by atoms with van der Waals surface area (Å²) in [5.41, 5.74) is 0. The first-order valence-corrected chi connectivity index (χ1v) is 12.3. The molecule has 1 atom stereocenters. The van der Waals surface area contributed by atoms with E-state index >= 15 is 0 Å². The van der Waals surface area contributed by atoms with Crippen molar-refractivity contribution in [1.29, 1.82) is 0 Å². The van der Waals surface area contributed by atoms with Gasteiger partial charge < -0.3 is 15.1 Å². The number of carbonyl (C=O) groups is 1. The second-order valence-corrected chi connectivity index (χ2v) is 9.92. The second-order valence-electron chi connectivity index (χ2n) is 7.91. The third kappa shape index (κ3) is 5.95. The SMILES string of the molecule is O=C(NCCN1CCCC1)[C@@H]1CCCN(c2ccc(Sc3ccc(Br)cc3)nn2)C1. The highest BCUT2D eigenvalue weighted by atomic mass is 79.9. The summed E-state index contributed by atoms with van der Waals surface area (Å²) < 4.78 is 1.06. The van der Waals surface area contributed by atoms with Crippen molar-refractivity contribution in [3.8, 4) is 0 Å². The zero-order valence-electron chi connectivity index (χ0n) is 17.1. The smallest absolute Gasteiger partial charge is 0.224 e. The quantitative estimate of drug-likeness (QED) is 0.637. The molecule has 6 nitrogen and oxygen atoms in total. The normalized spacial score (nSPS) is 19.8. The molecule has 0 saturated carbocycles. The molecule has 160 valence electrons. The third-order valence-electron chi connectivity index (χ3n) is 5.70. The minimum Gasteiger partial charge on any atom is -0.355 e. The van der Waals surface area contributed by atoms with Crippen LogP contribution in [0.25, 0.3) is 0 Å². The van der Waals surface area contributed by atoms with E-state index in [1.165, 1.54) is 25.9 Å². The first-order chi connectivity index (χ1) is 14.7. The molecule has 1 aromatic carbocycles. The number of hydrogen-bond acceptors (Lipinski definition) is 6. The molecule has 0 bridgehead atoms. The van der Waals surface area contributed by atoms with E-state index in [1.807, 2.05) is 24.3 Å². The van der Waals surface area contributed by atoms with Crippen LogP contribution in [0.2, 0.25) is 0 Å². The number of hydrogen-bond donors (Lipinski definition) is 1. The Bertz CT molecular complexity index is 826. The largest absolute Gasteiger partial charge is 0.355 e. The Morgan fingerprint density at radius 1 is 1.07 bits per heavy atom. The van der Waals surface area contributed by atoms with Crippen LogP contribution in [0.15, 0.2) is 50.8 Å². The van der Waals surface area contributed by atoms with Crippen molar-refractivity contribution in [2.75, 3.05) is 44.2 Å². The maximum atomic E-state index is 12.6. The molecule has 2 fully saturated rings. The predicted octanol–water partition coefficient (Wildman–Crippen LogP) is 3.82. The highest BCUT2D eigenvalue weighted by molar-refractivity contribution is 9.10. The summed E-state index contributed by atoms with van der Waals surface area (Å²) in [5, 5.41) is 12.8. The van der Waals surface area contributed by atoms with Gasteiger partial charge in [-0.25, -0.2) is 0 Å². The molecule has 4 rings (SSSR count). The van der Waals surface area contributed by atoms with Gasteiger partial charge in [-0.05, 0) is 75.2 Å². The molecule has 0 aliphatic carbocycles. The average molecular weight is 490 g/mol. The third-order valence-corrected chi connectivity index (χ3v) is 7.17. The van der Waals surface area contributed by atoms with Gasteiger partial charge in [-0.15, -0.1) is 10.2 Å².